The summed E-state index contributed by atoms with van der Waals surface area (Å²) in [5, 5.41) is 0. The maximum Gasteiger partial charge on any atom is 0.0454 e. The van der Waals surface area contributed by atoms with Gasteiger partial charge >= 0.3 is 0 Å². The van der Waals surface area contributed by atoms with Crippen LogP contribution in [0.3, 0.4) is 0 Å². The van der Waals surface area contributed by atoms with Crippen LogP contribution in [0, 0.1) is 0 Å². The number of benzene rings is 1. The van der Waals surface area contributed by atoms with Crippen molar-refractivity contribution in [1.82, 2.24) is 4.90 Å². The van der Waals surface area contributed by atoms with Crippen LogP contribution < -0.4 is 0 Å². The van der Waals surface area contributed by atoms with Gasteiger partial charge in [0, 0.05) is 5.54 Å². The van der Waals surface area contributed by atoms with Gasteiger partial charge in [0.25, 0.3) is 0 Å². The lowest BCUT2D eigenvalue weighted by Crippen LogP contribution is -2.41. The topological polar surface area (TPSA) is 3.24 Å². The molecule has 0 spiro atoms. The van der Waals surface area contributed by atoms with Gasteiger partial charge in [0.1, 0.15) is 0 Å². The van der Waals surface area contributed by atoms with Crippen LogP contribution in [-0.2, 0) is 5.54 Å². The van der Waals surface area contributed by atoms with Crippen molar-refractivity contribution in [2.45, 2.75) is 186 Å². The van der Waals surface area contributed by atoms with Crippen LogP contribution in [0.2, 0.25) is 0 Å². The molecule has 0 radical (unpaired) electrons. The van der Waals surface area contributed by atoms with E-state index in [2.05, 4.69) is 63.2 Å². The summed E-state index contributed by atoms with van der Waals surface area (Å²) >= 11 is 0. The van der Waals surface area contributed by atoms with Gasteiger partial charge in [-0.25, -0.2) is 0 Å². The molecule has 0 aliphatic carbocycles. The number of unbranched alkanes of at least 4 members (excludes halogenated alkanes) is 22. The highest BCUT2D eigenvalue weighted by Crippen LogP contribution is 2.38. The van der Waals surface area contributed by atoms with Crippen molar-refractivity contribution < 1.29 is 0 Å². The number of nitrogens with zero attached hydrogens (tertiary/aromatic N) is 1. The quantitative estimate of drug-likeness (QED) is 0.0979. The summed E-state index contributed by atoms with van der Waals surface area (Å²) in [7, 11) is 4.65. The van der Waals surface area contributed by atoms with Crippen molar-refractivity contribution in [3.63, 3.8) is 0 Å². The molecule has 0 aliphatic heterocycles. The third kappa shape index (κ3) is 17.0. The van der Waals surface area contributed by atoms with Crippen LogP contribution >= 0.6 is 0 Å². The highest BCUT2D eigenvalue weighted by molar-refractivity contribution is 5.24. The van der Waals surface area contributed by atoms with E-state index in [0.29, 0.717) is 0 Å². The summed E-state index contributed by atoms with van der Waals surface area (Å²) < 4.78 is 0. The molecular formula is C37H69N. The molecule has 0 saturated carbocycles. The van der Waals surface area contributed by atoms with Crippen molar-refractivity contribution >= 4 is 0 Å². The van der Waals surface area contributed by atoms with Crippen molar-refractivity contribution in [3.05, 3.63) is 35.9 Å². The Morgan fingerprint density at radius 1 is 0.421 bits per heavy atom. The molecule has 0 atom stereocenters. The lowest BCUT2D eigenvalue weighted by molar-refractivity contribution is 0.117. The zero-order valence-electron chi connectivity index (χ0n) is 26.7. The van der Waals surface area contributed by atoms with Gasteiger partial charge in [0.05, 0.1) is 0 Å². The molecule has 0 fully saturated rings. The Bertz CT molecular complexity index is 564. The molecule has 222 valence electrons. The molecule has 0 saturated heterocycles. The Hall–Kier alpha value is -0.820. The Morgan fingerprint density at radius 3 is 1.00 bits per heavy atom. The second kappa shape index (κ2) is 25.2. The Morgan fingerprint density at radius 2 is 0.711 bits per heavy atom. The van der Waals surface area contributed by atoms with E-state index in [1.54, 1.807) is 0 Å². The van der Waals surface area contributed by atoms with E-state index < -0.39 is 0 Å². The van der Waals surface area contributed by atoms with Gasteiger partial charge in [0.15, 0.2) is 0 Å². The molecule has 1 nitrogen and oxygen atoms in total. The molecule has 0 amide bonds. The van der Waals surface area contributed by atoms with Crippen LogP contribution in [0.4, 0.5) is 0 Å². The molecular weight excluding hydrogens is 458 g/mol. The lowest BCUT2D eigenvalue weighted by atomic mass is 9.79. The molecule has 1 aromatic carbocycles. The van der Waals surface area contributed by atoms with Crippen molar-refractivity contribution in [2.75, 3.05) is 14.1 Å². The first-order chi connectivity index (χ1) is 18.7. The molecule has 1 rings (SSSR count). The van der Waals surface area contributed by atoms with E-state index >= 15 is 0 Å². The highest BCUT2D eigenvalue weighted by Gasteiger charge is 2.33. The van der Waals surface area contributed by atoms with Crippen molar-refractivity contribution in [1.29, 1.82) is 0 Å². The van der Waals surface area contributed by atoms with Gasteiger partial charge in [-0.1, -0.05) is 198 Å². The van der Waals surface area contributed by atoms with E-state index in [0.717, 1.165) is 0 Å². The van der Waals surface area contributed by atoms with Gasteiger partial charge in [-0.15, -0.1) is 0 Å². The zero-order valence-corrected chi connectivity index (χ0v) is 26.7. The van der Waals surface area contributed by atoms with Gasteiger partial charge in [-0.05, 0) is 32.5 Å². The fourth-order valence-electron chi connectivity index (χ4n) is 6.38. The van der Waals surface area contributed by atoms with Crippen LogP contribution in [0.1, 0.15) is 186 Å². The van der Waals surface area contributed by atoms with E-state index in [1.165, 1.54) is 173 Å². The second-order valence-corrected chi connectivity index (χ2v) is 12.6. The number of rotatable bonds is 28. The summed E-state index contributed by atoms with van der Waals surface area (Å²) in [5.41, 5.74) is 1.74. The fourth-order valence-corrected chi connectivity index (χ4v) is 6.38. The van der Waals surface area contributed by atoms with Crippen LogP contribution in [-0.4, -0.2) is 19.0 Å². The van der Waals surface area contributed by atoms with E-state index in [4.69, 9.17) is 0 Å². The van der Waals surface area contributed by atoms with Gasteiger partial charge < -0.3 is 0 Å². The third-order valence-corrected chi connectivity index (χ3v) is 9.06. The van der Waals surface area contributed by atoms with E-state index in [-0.39, 0.29) is 5.54 Å². The second-order valence-electron chi connectivity index (χ2n) is 12.6. The minimum Gasteiger partial charge on any atom is -0.300 e. The van der Waals surface area contributed by atoms with Crippen LogP contribution in [0.5, 0.6) is 0 Å². The Kier molecular flexibility index (Phi) is 23.3. The minimum atomic E-state index is 0.207. The van der Waals surface area contributed by atoms with Crippen molar-refractivity contribution in [3.8, 4) is 0 Å². The molecule has 1 heteroatoms. The SMILES string of the molecule is CCCCCCCCCCCCCCC(CCCCCCCCCCCCCC)(c1ccccc1)N(C)C. The molecule has 0 unspecified atom stereocenters. The molecule has 0 bridgehead atoms. The maximum atomic E-state index is 2.55. The number of hydrogen-bond acceptors (Lipinski definition) is 1. The van der Waals surface area contributed by atoms with Crippen LogP contribution in [0.15, 0.2) is 30.3 Å². The summed E-state index contributed by atoms with van der Waals surface area (Å²) in [4.78, 5) is 2.55. The largest absolute Gasteiger partial charge is 0.300 e. The van der Waals surface area contributed by atoms with Gasteiger partial charge in [0.2, 0.25) is 0 Å². The predicted molar refractivity (Wildman–Crippen MR) is 173 cm³/mol. The molecule has 0 N–H and O–H groups in total. The zero-order chi connectivity index (χ0) is 27.6. The summed E-state index contributed by atoms with van der Waals surface area (Å²) in [6.45, 7) is 4.61. The fraction of sp³-hybridized carbons (Fsp3) is 0.838. The first-order valence-electron chi connectivity index (χ1n) is 17.4. The minimum absolute atomic E-state index is 0.207. The van der Waals surface area contributed by atoms with Crippen molar-refractivity contribution in [2.24, 2.45) is 0 Å². The summed E-state index contributed by atoms with van der Waals surface area (Å²) in [6.07, 6.45) is 36.9. The molecule has 38 heavy (non-hydrogen) atoms. The average Bonchev–Trinajstić information content (AvgIpc) is 2.93. The van der Waals surface area contributed by atoms with E-state index in [1.807, 2.05) is 0 Å². The summed E-state index contributed by atoms with van der Waals surface area (Å²) in [6, 6.07) is 11.5. The molecule has 0 aromatic heterocycles. The molecule has 0 aliphatic rings. The smallest absolute Gasteiger partial charge is 0.0454 e. The number of hydrogen-bond donors (Lipinski definition) is 0. The van der Waals surface area contributed by atoms with Gasteiger partial charge in [-0.3, -0.25) is 4.90 Å². The third-order valence-electron chi connectivity index (χ3n) is 9.06. The normalized spacial score (nSPS) is 12.0. The monoisotopic (exact) mass is 528 g/mol. The standard InChI is InChI=1S/C37H69N/c1-5-7-9-11-13-15-17-19-21-23-25-30-34-37(38(3)4,36-32-28-27-29-33-36)35-31-26-24-22-20-18-16-14-12-10-8-6-2/h27-29,32-33H,5-26,30-31,34-35H2,1-4H3. The first-order valence-corrected chi connectivity index (χ1v) is 17.4. The average molecular weight is 528 g/mol. The molecule has 0 heterocycles. The molecule has 1 aromatic rings. The Labute approximate surface area is 241 Å². The van der Waals surface area contributed by atoms with Gasteiger partial charge in [-0.2, -0.15) is 0 Å². The first kappa shape index (κ1) is 35.2. The maximum absolute atomic E-state index is 2.55. The van der Waals surface area contributed by atoms with E-state index in [9.17, 15) is 0 Å². The lowest BCUT2D eigenvalue weighted by Gasteiger charge is -2.41. The van der Waals surface area contributed by atoms with Crippen LogP contribution in [0.25, 0.3) is 0 Å². The summed E-state index contributed by atoms with van der Waals surface area (Å²) in [5.74, 6) is 0. The highest BCUT2D eigenvalue weighted by atomic mass is 15.1. The Balaban J connectivity index is 2.30. The predicted octanol–water partition coefficient (Wildman–Crippen LogP) is 12.6.